The molecule has 12 rings (SSSR count). The maximum Gasteiger partial charge on any atom is 0.410 e. The van der Waals surface area contributed by atoms with Gasteiger partial charge in [0.25, 0.3) is 27.8 Å². The smallest absolute Gasteiger partial charge is 0.410 e. The number of hydrogen-bond donors (Lipinski definition) is 8. The van der Waals surface area contributed by atoms with E-state index in [4.69, 9.17) is 30.0 Å². The number of amides is 9. The van der Waals surface area contributed by atoms with Gasteiger partial charge in [-0.1, -0.05) is 81.9 Å². The van der Waals surface area contributed by atoms with Crippen molar-refractivity contribution < 1.29 is 75.4 Å². The second-order valence-corrected chi connectivity index (χ2v) is 32.4. The summed E-state index contributed by atoms with van der Waals surface area (Å²) >= 11 is 1.40. The number of ether oxygens (including phenoxy) is 3. The lowest BCUT2D eigenvalue weighted by molar-refractivity contribution is -0.250. The molecule has 9 N–H and O–H groups in total. The maximum atomic E-state index is 13.8. The quantitative estimate of drug-likeness (QED) is 0.0105. The summed E-state index contributed by atoms with van der Waals surface area (Å²) in [5, 5.41) is 29.9. The van der Waals surface area contributed by atoms with Crippen LogP contribution in [0.4, 0.5) is 26.2 Å². The second kappa shape index (κ2) is 33.0. The van der Waals surface area contributed by atoms with E-state index in [0.717, 1.165) is 75.4 Å². The van der Waals surface area contributed by atoms with Crippen molar-refractivity contribution in [1.29, 1.82) is 0 Å². The number of urea groups is 1. The van der Waals surface area contributed by atoms with Gasteiger partial charge in [-0.2, -0.15) is 13.5 Å². The van der Waals surface area contributed by atoms with Crippen molar-refractivity contribution in [3.05, 3.63) is 131 Å². The first kappa shape index (κ1) is 77.4. The van der Waals surface area contributed by atoms with E-state index in [1.54, 1.807) is 56.4 Å². The lowest BCUT2D eigenvalue weighted by Crippen LogP contribution is -2.64. The molecule has 3 aromatic carbocycles. The van der Waals surface area contributed by atoms with Crippen molar-refractivity contribution in [2.75, 3.05) is 73.8 Å². The van der Waals surface area contributed by atoms with Crippen LogP contribution in [0.5, 0.6) is 0 Å². The minimum Gasteiger partial charge on any atom is -0.476 e. The van der Waals surface area contributed by atoms with E-state index >= 15 is 0 Å². The molecule has 5 heterocycles. The number of aromatic carboxylic acids is 1. The van der Waals surface area contributed by atoms with Crippen LogP contribution in [0.1, 0.15) is 148 Å². The molecule has 31 heteroatoms. The van der Waals surface area contributed by atoms with Gasteiger partial charge in [0.15, 0.2) is 10.8 Å². The van der Waals surface area contributed by atoms with Gasteiger partial charge >= 0.3 is 18.1 Å². The predicted molar refractivity (Wildman–Crippen MR) is 395 cm³/mol. The number of hydrogen-bond acceptors (Lipinski definition) is 19. The highest BCUT2D eigenvalue weighted by Gasteiger charge is 2.66. The number of carboxylic acids is 1. The molecule has 3 aromatic heterocycles. The van der Waals surface area contributed by atoms with Crippen LogP contribution < -0.4 is 37.2 Å². The van der Waals surface area contributed by atoms with Crippen LogP contribution in [-0.4, -0.2) is 177 Å². The van der Waals surface area contributed by atoms with Crippen LogP contribution >= 0.6 is 11.3 Å². The molecule has 4 fully saturated rings. The molecule has 0 spiro atoms. The second-order valence-electron chi connectivity index (χ2n) is 29.8. The van der Waals surface area contributed by atoms with Crippen LogP contribution in [0, 0.1) is 29.1 Å². The molecule has 2 unspecified atom stereocenters. The normalized spacial score (nSPS) is 20.7. The molecule has 6 aliphatic rings. The van der Waals surface area contributed by atoms with Gasteiger partial charge in [-0.05, 0) is 159 Å². The summed E-state index contributed by atoms with van der Waals surface area (Å²) in [6.45, 7) is 11.6. The van der Waals surface area contributed by atoms with Crippen LogP contribution in [-0.2, 0) is 74.4 Å². The summed E-state index contributed by atoms with van der Waals surface area (Å²) < 4.78 is 55.1. The predicted octanol–water partition coefficient (Wildman–Crippen LogP) is 8.55. The molecule has 4 atom stereocenters. The zero-order valence-electron chi connectivity index (χ0n) is 60.3. The van der Waals surface area contributed by atoms with E-state index in [1.165, 1.54) is 23.5 Å². The van der Waals surface area contributed by atoms with E-state index < -0.39 is 75.9 Å². The molecule has 4 saturated carbocycles. The van der Waals surface area contributed by atoms with Gasteiger partial charge in [-0.15, -0.1) is 0 Å². The van der Waals surface area contributed by atoms with Crippen molar-refractivity contribution >= 4 is 102 Å². The number of aromatic nitrogens is 4. The number of fused-ring (bicyclic) bond motifs is 2. The number of primary amides is 1. The molecule has 2 aliphatic heterocycles. The Bertz CT molecular complexity index is 4390. The van der Waals surface area contributed by atoms with Crippen molar-refractivity contribution in [2.45, 2.75) is 155 Å². The number of nitrogens with two attached hydrogens (primary N) is 1. The standard InChI is InChI=1S/C75H93N13O16S2/c1-47(2)63(83-60(89)18-7-6-10-29-87-61(90)25-26-62(87)91)67(94)80-57(16-12-28-77-69(76)97)66(93)79-51-21-19-49(20-22-51)39-103-71(98)85(32-36-106(99,100)101)31-33-102-34-35-104-75-43-72(4)40-73(5,44-75)42-74(41-72,45-75)46-88-48(3)54(37-78-88)52-23-24-59(82-64(52)68(95)96)86-30-27-50-13-11-14-53(55(50)38-86)65(92)84-70-81-56-15-8-9-17-58(56)105-70/h8-9,11,13-15,17,19-26,37,47,57,63H,6-7,10,12,16,18,27-36,38-46H2,1-5H3,(H,79,93)(H,80,94)(H,83,89)(H,95,96)(H3,76,77,97)(H,81,84,92)(H,99,100,101)/t57-,63-,72?,73?,74?,75?/m0/s1. The Balaban J connectivity index is 0.658. The van der Waals surface area contributed by atoms with Crippen molar-refractivity contribution in [3.63, 3.8) is 0 Å². The summed E-state index contributed by atoms with van der Waals surface area (Å²) in [4.78, 5) is 130. The van der Waals surface area contributed by atoms with E-state index in [0.29, 0.717) is 84.2 Å². The minimum absolute atomic E-state index is 0.0151. The Hall–Kier alpha value is -9.69. The average Bonchev–Trinajstić information content (AvgIpc) is 0.909. The summed E-state index contributed by atoms with van der Waals surface area (Å²) in [6, 6.07) is 20.4. The SMILES string of the molecule is Cc1c(-c2ccc(N3CCc4cccc(C(=O)Nc5nc6ccccc6s5)c4C3)nc2C(=O)O)cnn1CC12CC3(C)CC(C)(C1)CC(OCCOCCN(CCS(=O)(=O)O)C(=O)OCc1ccc(NC(=O)[C@H](CCCNC(N)=O)NC(=O)[C@@H](NC(=O)CCCCCN4C(=O)C=CC4=O)C(C)C)cc1)(C3)C2. The van der Waals surface area contributed by atoms with Crippen LogP contribution in [0.3, 0.4) is 0 Å². The third kappa shape index (κ3) is 19.3. The molecule has 106 heavy (non-hydrogen) atoms. The lowest BCUT2D eigenvalue weighted by Gasteiger charge is -2.69. The number of rotatable bonds is 35. The number of carbonyl (C=O) groups excluding carboxylic acids is 8. The molecule has 4 aliphatic carbocycles. The zero-order valence-corrected chi connectivity index (χ0v) is 61.9. The van der Waals surface area contributed by atoms with Gasteiger partial charge < -0.3 is 56.1 Å². The molecule has 0 radical (unpaired) electrons. The number of carbonyl (C=O) groups is 9. The third-order valence-electron chi connectivity index (χ3n) is 20.6. The topological polar surface area (TPSA) is 395 Å². The summed E-state index contributed by atoms with van der Waals surface area (Å²) in [7, 11) is -4.48. The number of nitrogens with one attached hydrogen (secondary N) is 5. The number of anilines is 3. The molecular weight excluding hydrogens is 1400 g/mol. The summed E-state index contributed by atoms with van der Waals surface area (Å²) in [5.41, 5.74) is 10.4. The fraction of sp³-hybridized carbons (Fsp3) is 0.493. The highest BCUT2D eigenvalue weighted by Crippen LogP contribution is 2.72. The first-order valence-corrected chi connectivity index (χ1v) is 38.3. The first-order chi connectivity index (χ1) is 50.5. The number of carboxylic acid groups (broad SMARTS) is 1. The fourth-order valence-corrected chi connectivity index (χ4v) is 18.2. The van der Waals surface area contributed by atoms with E-state index in [9.17, 15) is 61.2 Å². The number of thiazole rings is 1. The molecule has 566 valence electrons. The van der Waals surface area contributed by atoms with Gasteiger partial charge in [-0.25, -0.2) is 24.4 Å². The highest BCUT2D eigenvalue weighted by molar-refractivity contribution is 7.85. The molecule has 6 aromatic rings. The Morgan fingerprint density at radius 3 is 2.25 bits per heavy atom. The molecule has 29 nitrogen and oxygen atoms in total. The maximum absolute atomic E-state index is 13.8. The first-order valence-electron chi connectivity index (χ1n) is 35.9. The molecular formula is C75H93N13O16S2. The van der Waals surface area contributed by atoms with Gasteiger partial charge in [0.05, 0.1) is 47.6 Å². The minimum atomic E-state index is -4.48. The van der Waals surface area contributed by atoms with Gasteiger partial charge in [0.1, 0.15) is 24.5 Å². The monoisotopic (exact) mass is 1500 g/mol. The summed E-state index contributed by atoms with van der Waals surface area (Å²) in [5.74, 6) is -4.47. The number of pyridine rings is 1. The average molecular weight is 1500 g/mol. The van der Waals surface area contributed by atoms with Crippen LogP contribution in [0.2, 0.25) is 0 Å². The van der Waals surface area contributed by atoms with Gasteiger partial charge in [0.2, 0.25) is 17.7 Å². The van der Waals surface area contributed by atoms with Gasteiger partial charge in [-0.3, -0.25) is 48.2 Å². The fourth-order valence-electron chi connectivity index (χ4n) is 16.9. The number of nitrogens with zero attached hydrogens (tertiary/aromatic N) is 7. The van der Waals surface area contributed by atoms with Crippen molar-refractivity contribution in [1.82, 2.24) is 45.5 Å². The van der Waals surface area contributed by atoms with Crippen LogP contribution in [0.25, 0.3) is 21.3 Å². The number of para-hydroxylation sites is 1. The third-order valence-corrected chi connectivity index (χ3v) is 22.3. The molecule has 0 saturated heterocycles. The Kier molecular flexibility index (Phi) is 24.1. The number of imide groups is 1. The van der Waals surface area contributed by atoms with Crippen molar-refractivity contribution in [3.8, 4) is 11.1 Å². The lowest BCUT2D eigenvalue weighted by atomic mass is 9.39. The van der Waals surface area contributed by atoms with E-state index in [1.807, 2.05) is 59.0 Å². The highest BCUT2D eigenvalue weighted by atomic mass is 32.2. The summed E-state index contributed by atoms with van der Waals surface area (Å²) in [6.07, 6.45) is 11.2. The van der Waals surface area contributed by atoms with Gasteiger partial charge in [0, 0.05) is 92.5 Å². The Labute approximate surface area is 618 Å². The zero-order chi connectivity index (χ0) is 75.7. The van der Waals surface area contributed by atoms with Crippen molar-refractivity contribution in [2.24, 2.45) is 27.9 Å². The molecule has 4 bridgehead atoms. The number of unbranched alkanes of at least 4 members (excludes halogenated alkanes) is 2. The largest absolute Gasteiger partial charge is 0.476 e. The Morgan fingerprint density at radius 1 is 0.792 bits per heavy atom. The molecule has 9 amide bonds. The van der Waals surface area contributed by atoms with E-state index in [-0.39, 0.29) is 111 Å². The number of benzene rings is 3. The van der Waals surface area contributed by atoms with Crippen LogP contribution in [0.15, 0.2) is 97.2 Å². The van der Waals surface area contributed by atoms with E-state index in [2.05, 4.69) is 45.4 Å². The Morgan fingerprint density at radius 2 is 1.54 bits per heavy atom.